The van der Waals surface area contributed by atoms with Crippen LogP contribution in [0.5, 0.6) is 0 Å². The summed E-state index contributed by atoms with van der Waals surface area (Å²) in [5, 5.41) is 11.4. The van der Waals surface area contributed by atoms with Gasteiger partial charge in [-0.1, -0.05) is 47.4 Å². The summed E-state index contributed by atoms with van der Waals surface area (Å²) in [6, 6.07) is 11.6. The Morgan fingerprint density at radius 2 is 2.14 bits per heavy atom. The quantitative estimate of drug-likeness (QED) is 0.480. The summed E-state index contributed by atoms with van der Waals surface area (Å²) in [4.78, 5) is 30.9. The summed E-state index contributed by atoms with van der Waals surface area (Å²) in [5.41, 5.74) is 2.97. The van der Waals surface area contributed by atoms with Gasteiger partial charge in [0.1, 0.15) is 0 Å². The largest absolute Gasteiger partial charge is 0.311 e. The number of nitrogens with one attached hydrogen (secondary N) is 1. The van der Waals surface area contributed by atoms with Crippen molar-refractivity contribution in [3.05, 3.63) is 59.9 Å². The molecule has 0 radical (unpaired) electrons. The third kappa shape index (κ3) is 4.63. The van der Waals surface area contributed by atoms with Crippen LogP contribution in [0.1, 0.15) is 17.5 Å². The second kappa shape index (κ2) is 8.71. The summed E-state index contributed by atoms with van der Waals surface area (Å²) in [6.45, 7) is 2.33. The van der Waals surface area contributed by atoms with Crippen molar-refractivity contribution in [3.63, 3.8) is 0 Å². The number of nitrogens with zero attached hydrogens (tertiary/aromatic N) is 4. The molecule has 1 saturated heterocycles. The molecule has 1 fully saturated rings. The Labute approximate surface area is 176 Å². The molecule has 1 atom stereocenters. The van der Waals surface area contributed by atoms with E-state index in [1.165, 1.54) is 11.3 Å². The number of carbonyl (C=O) groups is 2. The van der Waals surface area contributed by atoms with E-state index in [4.69, 9.17) is 0 Å². The van der Waals surface area contributed by atoms with Gasteiger partial charge in [-0.2, -0.15) is 0 Å². The van der Waals surface area contributed by atoms with E-state index in [1.807, 2.05) is 49.5 Å². The first kappa shape index (κ1) is 19.5. The number of thioether (sulfide) groups is 1. The molecule has 1 aromatic carbocycles. The van der Waals surface area contributed by atoms with Gasteiger partial charge >= 0.3 is 0 Å². The second-order valence-electron chi connectivity index (χ2n) is 6.70. The molecule has 4 rings (SSSR count). The molecule has 7 nitrogen and oxygen atoms in total. The lowest BCUT2D eigenvalue weighted by molar-refractivity contribution is -0.122. The van der Waals surface area contributed by atoms with Gasteiger partial charge < -0.3 is 10.2 Å². The molecule has 1 aliphatic heterocycles. The predicted molar refractivity (Wildman–Crippen MR) is 114 cm³/mol. The Kier molecular flexibility index (Phi) is 5.86. The van der Waals surface area contributed by atoms with Gasteiger partial charge in [0, 0.05) is 36.8 Å². The van der Waals surface area contributed by atoms with Crippen molar-refractivity contribution in [3.8, 4) is 0 Å². The van der Waals surface area contributed by atoms with E-state index in [0.717, 1.165) is 26.9 Å². The van der Waals surface area contributed by atoms with Gasteiger partial charge in [-0.3, -0.25) is 14.6 Å². The Morgan fingerprint density at radius 3 is 2.93 bits per heavy atom. The van der Waals surface area contributed by atoms with Crippen molar-refractivity contribution in [2.24, 2.45) is 5.92 Å². The molecule has 0 aliphatic carbocycles. The monoisotopic (exact) mass is 425 g/mol. The van der Waals surface area contributed by atoms with Crippen LogP contribution in [0.25, 0.3) is 0 Å². The van der Waals surface area contributed by atoms with E-state index in [9.17, 15) is 9.59 Å². The Bertz CT molecular complexity index is 1020. The number of anilines is 2. The summed E-state index contributed by atoms with van der Waals surface area (Å²) in [6.07, 6.45) is 3.75. The molecule has 1 N–H and O–H groups in total. The molecule has 2 aromatic heterocycles. The number of hydrogen-bond donors (Lipinski definition) is 1. The smallest absolute Gasteiger partial charge is 0.231 e. The normalized spacial score (nSPS) is 16.2. The lowest BCUT2D eigenvalue weighted by atomic mass is 10.1. The highest BCUT2D eigenvalue weighted by atomic mass is 32.2. The minimum absolute atomic E-state index is 0.0376. The lowest BCUT2D eigenvalue weighted by Gasteiger charge is -2.18. The average molecular weight is 426 g/mol. The van der Waals surface area contributed by atoms with E-state index in [-0.39, 0.29) is 18.2 Å². The van der Waals surface area contributed by atoms with Gasteiger partial charge in [0.05, 0.1) is 5.92 Å². The molecule has 1 aliphatic rings. The lowest BCUT2D eigenvalue weighted by Crippen LogP contribution is -2.28. The number of rotatable bonds is 6. The van der Waals surface area contributed by atoms with Crippen molar-refractivity contribution >= 4 is 45.7 Å². The fourth-order valence-electron chi connectivity index (χ4n) is 3.14. The molecule has 3 aromatic rings. The zero-order chi connectivity index (χ0) is 20.2. The van der Waals surface area contributed by atoms with Crippen LogP contribution in [-0.2, 0) is 15.3 Å². The third-order valence-corrected chi connectivity index (χ3v) is 6.67. The first-order valence-electron chi connectivity index (χ1n) is 9.12. The van der Waals surface area contributed by atoms with Gasteiger partial charge in [0.2, 0.25) is 16.9 Å². The van der Waals surface area contributed by atoms with Gasteiger partial charge in [-0.25, -0.2) is 0 Å². The molecule has 0 unspecified atom stereocenters. The summed E-state index contributed by atoms with van der Waals surface area (Å²) < 4.78 is 0.771. The minimum Gasteiger partial charge on any atom is -0.311 e. The predicted octanol–water partition coefficient (Wildman–Crippen LogP) is 3.53. The number of benzene rings is 1. The second-order valence-corrected chi connectivity index (χ2v) is 8.90. The minimum atomic E-state index is -0.405. The molecular formula is C20H19N5O2S2. The summed E-state index contributed by atoms with van der Waals surface area (Å²) in [5.74, 6) is 0.0928. The van der Waals surface area contributed by atoms with Crippen molar-refractivity contribution in [2.75, 3.05) is 16.8 Å². The molecule has 2 amide bonds. The number of para-hydroxylation sites is 1. The third-order valence-electron chi connectivity index (χ3n) is 4.62. The van der Waals surface area contributed by atoms with Crippen molar-refractivity contribution in [2.45, 2.75) is 23.4 Å². The maximum atomic E-state index is 12.6. The zero-order valence-electron chi connectivity index (χ0n) is 15.7. The van der Waals surface area contributed by atoms with Gasteiger partial charge in [0.15, 0.2) is 4.34 Å². The van der Waals surface area contributed by atoms with E-state index in [0.29, 0.717) is 11.7 Å². The van der Waals surface area contributed by atoms with Crippen molar-refractivity contribution in [1.29, 1.82) is 0 Å². The highest BCUT2D eigenvalue weighted by molar-refractivity contribution is 8.00. The summed E-state index contributed by atoms with van der Waals surface area (Å²) in [7, 11) is 0. The number of aromatic nitrogens is 3. The maximum absolute atomic E-state index is 12.6. The van der Waals surface area contributed by atoms with Crippen molar-refractivity contribution in [1.82, 2.24) is 15.2 Å². The number of hydrogen-bond acceptors (Lipinski definition) is 7. The number of carbonyl (C=O) groups excluding carboxylic acids is 2. The number of pyridine rings is 1. The van der Waals surface area contributed by atoms with Crippen LogP contribution in [0.4, 0.5) is 10.8 Å². The highest BCUT2D eigenvalue weighted by Gasteiger charge is 2.36. The van der Waals surface area contributed by atoms with E-state index < -0.39 is 5.92 Å². The van der Waals surface area contributed by atoms with Crippen LogP contribution in [0, 0.1) is 12.8 Å². The van der Waals surface area contributed by atoms with Gasteiger partial charge in [-0.05, 0) is 30.2 Å². The van der Waals surface area contributed by atoms with Gasteiger partial charge in [-0.15, -0.1) is 10.2 Å². The maximum Gasteiger partial charge on any atom is 0.231 e. The SMILES string of the molecule is Cc1ccccc1N1C[C@@H](C(=O)Nc2nnc(SCc3cccnc3)s2)CC1=O. The van der Waals surface area contributed by atoms with Crippen LogP contribution < -0.4 is 10.2 Å². The van der Waals surface area contributed by atoms with E-state index >= 15 is 0 Å². The molecule has 148 valence electrons. The Hall–Kier alpha value is -2.78. The van der Waals surface area contributed by atoms with Crippen LogP contribution >= 0.6 is 23.1 Å². The Balaban J connectivity index is 1.35. The topological polar surface area (TPSA) is 88.1 Å². The summed E-state index contributed by atoms with van der Waals surface area (Å²) >= 11 is 2.87. The molecule has 0 spiro atoms. The first-order valence-corrected chi connectivity index (χ1v) is 10.9. The Morgan fingerprint density at radius 1 is 1.28 bits per heavy atom. The fourth-order valence-corrected chi connectivity index (χ4v) is 4.83. The number of aryl methyl sites for hydroxylation is 1. The van der Waals surface area contributed by atoms with Crippen LogP contribution in [0.3, 0.4) is 0 Å². The van der Waals surface area contributed by atoms with Crippen LogP contribution in [-0.4, -0.2) is 33.5 Å². The highest BCUT2D eigenvalue weighted by Crippen LogP contribution is 2.30. The number of amides is 2. The fraction of sp³-hybridized carbons (Fsp3) is 0.250. The molecule has 0 bridgehead atoms. The standard InChI is InChI=1S/C20H19N5O2S2/c1-13-5-2-3-7-16(13)25-11-15(9-17(25)26)18(27)22-19-23-24-20(29-19)28-12-14-6-4-8-21-10-14/h2-8,10,15H,9,11-12H2,1H3,(H,22,23,27)/t15-/m0/s1. The first-order chi connectivity index (χ1) is 14.1. The zero-order valence-corrected chi connectivity index (χ0v) is 17.4. The van der Waals surface area contributed by atoms with Gasteiger partial charge in [0.25, 0.3) is 0 Å². The van der Waals surface area contributed by atoms with Crippen molar-refractivity contribution < 1.29 is 9.59 Å². The van der Waals surface area contributed by atoms with E-state index in [2.05, 4.69) is 20.5 Å². The molecule has 3 heterocycles. The van der Waals surface area contributed by atoms with Crippen LogP contribution in [0.2, 0.25) is 0 Å². The molecule has 29 heavy (non-hydrogen) atoms. The average Bonchev–Trinajstić information content (AvgIpc) is 3.34. The molecular weight excluding hydrogens is 406 g/mol. The van der Waals surface area contributed by atoms with Crippen LogP contribution in [0.15, 0.2) is 53.1 Å². The van der Waals surface area contributed by atoms with E-state index in [1.54, 1.807) is 22.9 Å². The molecule has 9 heteroatoms. The molecule has 0 saturated carbocycles.